The maximum atomic E-state index is 5.74. The first kappa shape index (κ1) is 9.77. The van der Waals surface area contributed by atoms with Gasteiger partial charge in [0, 0.05) is 13.2 Å². The van der Waals surface area contributed by atoms with Crippen molar-refractivity contribution in [3.63, 3.8) is 0 Å². The molecule has 4 heteroatoms. The monoisotopic (exact) mass is 197 g/mol. The van der Waals surface area contributed by atoms with Crippen LogP contribution >= 0.6 is 0 Å². The fourth-order valence-electron chi connectivity index (χ4n) is 1.71. The lowest BCUT2D eigenvalue weighted by Gasteiger charge is -2.39. The zero-order chi connectivity index (χ0) is 10.0. The van der Waals surface area contributed by atoms with E-state index in [4.69, 9.17) is 10.5 Å². The largest absolute Gasteiger partial charge is 0.376 e. The van der Waals surface area contributed by atoms with Gasteiger partial charge in [0.05, 0.1) is 12.1 Å². The van der Waals surface area contributed by atoms with E-state index in [0.717, 1.165) is 12.8 Å². The Balaban J connectivity index is 1.77. The summed E-state index contributed by atoms with van der Waals surface area (Å²) in [5.41, 5.74) is 5.73. The van der Waals surface area contributed by atoms with Crippen LogP contribution in [0.5, 0.6) is 0 Å². The van der Waals surface area contributed by atoms with Crippen LogP contribution in [0.2, 0.25) is 0 Å². The molecule has 2 aliphatic rings. The molecule has 4 nitrogen and oxygen atoms in total. The van der Waals surface area contributed by atoms with E-state index in [1.807, 2.05) is 0 Å². The number of methoxy groups -OCH3 is 1. The Hall–Kier alpha value is -0.770. The lowest BCUT2D eigenvalue weighted by Crippen LogP contribution is -2.44. The highest BCUT2D eigenvalue weighted by Crippen LogP contribution is 2.35. The second-order valence-electron chi connectivity index (χ2n) is 4.36. The van der Waals surface area contributed by atoms with E-state index in [9.17, 15) is 0 Å². The SMILES string of the molecule is COC1(CN=C(N)NC2CC2)CCC1. The Kier molecular flexibility index (Phi) is 2.63. The molecule has 80 valence electrons. The fourth-order valence-corrected chi connectivity index (χ4v) is 1.71. The molecule has 0 saturated heterocycles. The third-order valence-corrected chi connectivity index (χ3v) is 3.16. The summed E-state index contributed by atoms with van der Waals surface area (Å²) in [6.07, 6.45) is 5.93. The first-order chi connectivity index (χ1) is 6.74. The van der Waals surface area contributed by atoms with Crippen LogP contribution in [-0.2, 0) is 4.74 Å². The second kappa shape index (κ2) is 3.77. The predicted octanol–water partition coefficient (Wildman–Crippen LogP) is 0.622. The zero-order valence-electron chi connectivity index (χ0n) is 8.75. The quantitative estimate of drug-likeness (QED) is 0.513. The minimum Gasteiger partial charge on any atom is -0.376 e. The first-order valence-electron chi connectivity index (χ1n) is 5.36. The third kappa shape index (κ3) is 2.18. The van der Waals surface area contributed by atoms with Crippen LogP contribution in [0.25, 0.3) is 0 Å². The van der Waals surface area contributed by atoms with Gasteiger partial charge in [0.25, 0.3) is 0 Å². The van der Waals surface area contributed by atoms with Gasteiger partial charge in [-0.1, -0.05) is 0 Å². The smallest absolute Gasteiger partial charge is 0.188 e. The first-order valence-corrected chi connectivity index (χ1v) is 5.36. The van der Waals surface area contributed by atoms with Crippen molar-refractivity contribution in [3.8, 4) is 0 Å². The molecule has 0 aromatic carbocycles. The average molecular weight is 197 g/mol. The molecule has 2 saturated carbocycles. The highest BCUT2D eigenvalue weighted by molar-refractivity contribution is 5.78. The van der Waals surface area contributed by atoms with Crippen LogP contribution in [0, 0.1) is 0 Å². The van der Waals surface area contributed by atoms with Crippen LogP contribution in [0.1, 0.15) is 32.1 Å². The van der Waals surface area contributed by atoms with Crippen LogP contribution < -0.4 is 11.1 Å². The van der Waals surface area contributed by atoms with Gasteiger partial charge in [-0.2, -0.15) is 0 Å². The Bertz CT molecular complexity index is 226. The molecule has 14 heavy (non-hydrogen) atoms. The van der Waals surface area contributed by atoms with E-state index >= 15 is 0 Å². The lowest BCUT2D eigenvalue weighted by atomic mass is 9.80. The summed E-state index contributed by atoms with van der Waals surface area (Å²) in [5.74, 6) is 0.579. The van der Waals surface area contributed by atoms with Crippen LogP contribution in [0.3, 0.4) is 0 Å². The van der Waals surface area contributed by atoms with Crippen LogP contribution in [-0.4, -0.2) is 31.3 Å². The molecule has 2 aliphatic carbocycles. The molecule has 0 bridgehead atoms. The number of nitrogens with zero attached hydrogens (tertiary/aromatic N) is 1. The molecule has 0 spiro atoms. The van der Waals surface area contributed by atoms with Crippen molar-refractivity contribution in [1.29, 1.82) is 0 Å². The van der Waals surface area contributed by atoms with E-state index in [-0.39, 0.29) is 5.60 Å². The van der Waals surface area contributed by atoms with Crippen molar-refractivity contribution in [2.24, 2.45) is 10.7 Å². The lowest BCUT2D eigenvalue weighted by molar-refractivity contribution is -0.0630. The molecule has 0 heterocycles. The normalized spacial score (nSPS) is 25.6. The minimum absolute atomic E-state index is 0.00412. The van der Waals surface area contributed by atoms with Crippen molar-refractivity contribution in [2.45, 2.75) is 43.7 Å². The number of aliphatic imine (C=N–C) groups is 1. The number of nitrogens with two attached hydrogens (primary N) is 1. The Morgan fingerprint density at radius 1 is 1.57 bits per heavy atom. The van der Waals surface area contributed by atoms with Gasteiger partial charge < -0.3 is 15.8 Å². The van der Waals surface area contributed by atoms with E-state index in [0.29, 0.717) is 18.5 Å². The molecule has 0 aromatic heterocycles. The van der Waals surface area contributed by atoms with Crippen LogP contribution in [0.15, 0.2) is 4.99 Å². The van der Waals surface area contributed by atoms with Gasteiger partial charge in [0.15, 0.2) is 5.96 Å². The summed E-state index contributed by atoms with van der Waals surface area (Å²) < 4.78 is 5.45. The third-order valence-electron chi connectivity index (χ3n) is 3.16. The van der Waals surface area contributed by atoms with E-state index < -0.39 is 0 Å². The molecule has 0 amide bonds. The van der Waals surface area contributed by atoms with Crippen molar-refractivity contribution in [3.05, 3.63) is 0 Å². The summed E-state index contributed by atoms with van der Waals surface area (Å²) in [6.45, 7) is 0.703. The average Bonchev–Trinajstić information content (AvgIpc) is 2.87. The van der Waals surface area contributed by atoms with Gasteiger partial charge in [-0.3, -0.25) is 4.99 Å². The summed E-state index contributed by atoms with van der Waals surface area (Å²) in [6, 6.07) is 0.582. The van der Waals surface area contributed by atoms with Gasteiger partial charge in [-0.05, 0) is 32.1 Å². The molecule has 0 aliphatic heterocycles. The summed E-state index contributed by atoms with van der Waals surface area (Å²) in [4.78, 5) is 4.33. The highest BCUT2D eigenvalue weighted by atomic mass is 16.5. The summed E-state index contributed by atoms with van der Waals surface area (Å²) >= 11 is 0. The molecule has 0 radical (unpaired) electrons. The minimum atomic E-state index is -0.00412. The number of hydrogen-bond acceptors (Lipinski definition) is 2. The second-order valence-corrected chi connectivity index (χ2v) is 4.36. The van der Waals surface area contributed by atoms with Crippen molar-refractivity contribution < 1.29 is 4.74 Å². The number of rotatable bonds is 4. The number of guanidine groups is 1. The topological polar surface area (TPSA) is 59.6 Å². The Morgan fingerprint density at radius 2 is 2.29 bits per heavy atom. The van der Waals surface area contributed by atoms with Gasteiger partial charge in [0.1, 0.15) is 0 Å². The van der Waals surface area contributed by atoms with Gasteiger partial charge in [0.2, 0.25) is 0 Å². The number of ether oxygens (including phenoxy) is 1. The standard InChI is InChI=1S/C10H19N3O/c1-14-10(5-2-6-10)7-12-9(11)13-8-3-4-8/h8H,2-7H2,1H3,(H3,11,12,13). The van der Waals surface area contributed by atoms with Crippen molar-refractivity contribution >= 4 is 5.96 Å². The van der Waals surface area contributed by atoms with Crippen LogP contribution in [0.4, 0.5) is 0 Å². The fraction of sp³-hybridized carbons (Fsp3) is 0.900. The molecule has 0 atom stereocenters. The van der Waals surface area contributed by atoms with Gasteiger partial charge in [-0.15, -0.1) is 0 Å². The molecular weight excluding hydrogens is 178 g/mol. The Morgan fingerprint density at radius 3 is 2.71 bits per heavy atom. The van der Waals surface area contributed by atoms with Crippen molar-refractivity contribution in [1.82, 2.24) is 5.32 Å². The number of nitrogens with one attached hydrogen (secondary N) is 1. The van der Waals surface area contributed by atoms with Gasteiger partial charge in [-0.25, -0.2) is 0 Å². The molecule has 2 rings (SSSR count). The molecule has 0 aromatic rings. The highest BCUT2D eigenvalue weighted by Gasteiger charge is 2.36. The van der Waals surface area contributed by atoms with E-state index in [1.54, 1.807) is 7.11 Å². The van der Waals surface area contributed by atoms with E-state index in [1.165, 1.54) is 19.3 Å². The zero-order valence-corrected chi connectivity index (χ0v) is 8.75. The maximum absolute atomic E-state index is 5.74. The van der Waals surface area contributed by atoms with Gasteiger partial charge >= 0.3 is 0 Å². The summed E-state index contributed by atoms with van der Waals surface area (Å²) in [5, 5.41) is 3.17. The molecular formula is C10H19N3O. The Labute approximate surface area is 84.9 Å². The number of hydrogen-bond donors (Lipinski definition) is 2. The van der Waals surface area contributed by atoms with E-state index in [2.05, 4.69) is 10.3 Å². The maximum Gasteiger partial charge on any atom is 0.188 e. The predicted molar refractivity (Wildman–Crippen MR) is 56.2 cm³/mol. The molecule has 0 unspecified atom stereocenters. The molecule has 3 N–H and O–H groups in total. The summed E-state index contributed by atoms with van der Waals surface area (Å²) in [7, 11) is 1.76. The van der Waals surface area contributed by atoms with Crippen molar-refractivity contribution in [2.75, 3.05) is 13.7 Å². The molecule has 2 fully saturated rings.